The van der Waals surface area contributed by atoms with Gasteiger partial charge in [0.15, 0.2) is 0 Å². The predicted molar refractivity (Wildman–Crippen MR) is 121 cm³/mol. The summed E-state index contributed by atoms with van der Waals surface area (Å²) in [5.74, 6) is 0.0431. The second-order valence-corrected chi connectivity index (χ2v) is 9.33. The molecule has 1 aromatic heterocycles. The molecule has 0 radical (unpaired) electrons. The summed E-state index contributed by atoms with van der Waals surface area (Å²) in [6.07, 6.45) is 4.61. The summed E-state index contributed by atoms with van der Waals surface area (Å²) >= 11 is 3.69. The van der Waals surface area contributed by atoms with Gasteiger partial charge < -0.3 is 14.8 Å². The highest BCUT2D eigenvalue weighted by molar-refractivity contribution is 9.10. The Hall–Kier alpha value is -2.11. The summed E-state index contributed by atoms with van der Waals surface area (Å²) in [7, 11) is 4.28. The molecule has 0 aliphatic carbocycles. The Morgan fingerprint density at radius 1 is 1.00 bits per heavy atom. The third-order valence-electron chi connectivity index (χ3n) is 6.87. The van der Waals surface area contributed by atoms with Gasteiger partial charge in [-0.25, -0.2) is 0 Å². The number of aryl methyl sites for hydroxylation is 1. The number of carbonyl (C=O) groups excluding carboxylic acids is 1. The third-order valence-corrected chi connectivity index (χ3v) is 7.51. The Labute approximate surface area is 180 Å². The lowest BCUT2D eigenvalue weighted by molar-refractivity contribution is 0.0884. The zero-order chi connectivity index (χ0) is 20.1. The van der Waals surface area contributed by atoms with Crippen LogP contribution in [0.25, 0.3) is 22.2 Å². The van der Waals surface area contributed by atoms with Crippen molar-refractivity contribution in [3.05, 3.63) is 58.6 Å². The van der Waals surface area contributed by atoms with Crippen LogP contribution in [0, 0.1) is 0 Å². The van der Waals surface area contributed by atoms with Gasteiger partial charge >= 0.3 is 0 Å². The van der Waals surface area contributed by atoms with Gasteiger partial charge in [0, 0.05) is 35.0 Å². The minimum Gasteiger partial charge on any atom is -0.349 e. The number of fused-ring (bicyclic) bond motifs is 3. The zero-order valence-electron chi connectivity index (χ0n) is 16.9. The lowest BCUT2D eigenvalue weighted by Gasteiger charge is -2.36. The van der Waals surface area contributed by atoms with Gasteiger partial charge in [-0.3, -0.25) is 4.79 Å². The average Bonchev–Trinajstić information content (AvgIpc) is 3.11. The number of piperidine rings is 1. The summed E-state index contributed by atoms with van der Waals surface area (Å²) in [6, 6.07) is 17.8. The van der Waals surface area contributed by atoms with Crippen molar-refractivity contribution >= 4 is 32.7 Å². The summed E-state index contributed by atoms with van der Waals surface area (Å²) in [6.45, 7) is 0. The first-order valence-electron chi connectivity index (χ1n) is 10.4. The van der Waals surface area contributed by atoms with E-state index in [-0.39, 0.29) is 11.9 Å². The molecule has 2 aliphatic heterocycles. The molecular weight excluding hydrogens is 426 g/mol. The predicted octanol–water partition coefficient (Wildman–Crippen LogP) is 4.96. The van der Waals surface area contributed by atoms with E-state index in [2.05, 4.69) is 56.0 Å². The highest BCUT2D eigenvalue weighted by atomic mass is 79.9. The van der Waals surface area contributed by atoms with E-state index in [1.807, 2.05) is 37.4 Å². The maximum Gasteiger partial charge on any atom is 0.254 e. The number of hydrogen-bond donors (Lipinski definition) is 1. The number of amides is 1. The molecule has 2 fully saturated rings. The van der Waals surface area contributed by atoms with Crippen LogP contribution in [-0.2, 0) is 7.05 Å². The van der Waals surface area contributed by atoms with Crippen LogP contribution in [0.3, 0.4) is 0 Å². The molecule has 0 spiro atoms. The fourth-order valence-electron chi connectivity index (χ4n) is 5.42. The Morgan fingerprint density at radius 3 is 2.38 bits per heavy atom. The number of rotatable bonds is 3. The molecule has 1 unspecified atom stereocenters. The zero-order valence-corrected chi connectivity index (χ0v) is 18.4. The molecule has 0 saturated carbocycles. The summed E-state index contributed by atoms with van der Waals surface area (Å²) in [4.78, 5) is 16.1. The number of benzene rings is 2. The van der Waals surface area contributed by atoms with Gasteiger partial charge in [-0.1, -0.05) is 42.5 Å². The molecule has 4 nitrogen and oxygen atoms in total. The fourth-order valence-corrected chi connectivity index (χ4v) is 6.05. The van der Waals surface area contributed by atoms with Crippen molar-refractivity contribution in [2.24, 2.45) is 7.05 Å². The van der Waals surface area contributed by atoms with E-state index in [0.29, 0.717) is 12.1 Å². The molecule has 3 atom stereocenters. The Morgan fingerprint density at radius 2 is 1.69 bits per heavy atom. The Kier molecular flexibility index (Phi) is 4.75. The second-order valence-electron chi connectivity index (χ2n) is 8.48. The van der Waals surface area contributed by atoms with Crippen LogP contribution in [0.4, 0.5) is 0 Å². The first kappa shape index (κ1) is 18.9. The quantitative estimate of drug-likeness (QED) is 0.610. The van der Waals surface area contributed by atoms with Gasteiger partial charge in [0.1, 0.15) is 0 Å². The maximum atomic E-state index is 13.6. The molecule has 150 valence electrons. The number of halogens is 1. The van der Waals surface area contributed by atoms with Crippen molar-refractivity contribution in [3.8, 4) is 11.3 Å². The van der Waals surface area contributed by atoms with Crippen LogP contribution in [0.2, 0.25) is 0 Å². The topological polar surface area (TPSA) is 37.3 Å². The molecule has 2 aromatic carbocycles. The van der Waals surface area contributed by atoms with Crippen molar-refractivity contribution < 1.29 is 4.79 Å². The van der Waals surface area contributed by atoms with E-state index in [4.69, 9.17) is 0 Å². The van der Waals surface area contributed by atoms with E-state index < -0.39 is 0 Å². The third kappa shape index (κ3) is 3.11. The normalized spacial score (nSPS) is 24.2. The minimum absolute atomic E-state index is 0.0431. The number of carbonyl (C=O) groups is 1. The summed E-state index contributed by atoms with van der Waals surface area (Å²) in [5, 5.41) is 4.39. The monoisotopic (exact) mass is 451 g/mol. The summed E-state index contributed by atoms with van der Waals surface area (Å²) in [5.41, 5.74) is 3.87. The largest absolute Gasteiger partial charge is 0.349 e. The van der Waals surface area contributed by atoms with Gasteiger partial charge in [-0.15, -0.1) is 0 Å². The van der Waals surface area contributed by atoms with Crippen LogP contribution < -0.4 is 5.32 Å². The molecule has 3 aromatic rings. The Balaban J connectivity index is 1.57. The molecule has 2 aliphatic rings. The van der Waals surface area contributed by atoms with Crippen molar-refractivity contribution in [1.82, 2.24) is 14.8 Å². The molecular formula is C24H26BrN3O. The molecule has 2 saturated heterocycles. The van der Waals surface area contributed by atoms with E-state index in [1.54, 1.807) is 0 Å². The standard InChI is InChI=1S/C24H26BrN3O/c1-27-17-11-12-18(27)14-16(13-17)26-24(29)21-19-9-6-10-20(25)23(19)28(2)22(21)15-7-4-3-5-8-15/h3-10,16-18H,11-14H2,1-2H3,(H,26,29)/t16?,17-,18+. The van der Waals surface area contributed by atoms with E-state index >= 15 is 0 Å². The molecule has 5 heteroatoms. The van der Waals surface area contributed by atoms with Crippen molar-refractivity contribution in [2.75, 3.05) is 7.05 Å². The van der Waals surface area contributed by atoms with Crippen molar-refractivity contribution in [2.45, 2.75) is 43.8 Å². The highest BCUT2D eigenvalue weighted by Crippen LogP contribution is 2.38. The van der Waals surface area contributed by atoms with Gasteiger partial charge in [0.05, 0.1) is 16.8 Å². The van der Waals surface area contributed by atoms with E-state index in [0.717, 1.165) is 45.0 Å². The van der Waals surface area contributed by atoms with Gasteiger partial charge in [0.25, 0.3) is 5.91 Å². The van der Waals surface area contributed by atoms with E-state index in [1.165, 1.54) is 12.8 Å². The van der Waals surface area contributed by atoms with Crippen LogP contribution in [-0.4, -0.2) is 40.5 Å². The Bertz CT molecular complexity index is 1060. The minimum atomic E-state index is 0.0431. The number of nitrogens with zero attached hydrogens (tertiary/aromatic N) is 2. The van der Waals surface area contributed by atoms with Crippen LogP contribution >= 0.6 is 15.9 Å². The van der Waals surface area contributed by atoms with Crippen molar-refractivity contribution in [1.29, 1.82) is 0 Å². The number of nitrogens with one attached hydrogen (secondary N) is 1. The first-order valence-corrected chi connectivity index (χ1v) is 11.2. The first-order chi connectivity index (χ1) is 14.0. The lowest BCUT2D eigenvalue weighted by atomic mass is 9.97. The molecule has 2 bridgehead atoms. The number of aromatic nitrogens is 1. The van der Waals surface area contributed by atoms with E-state index in [9.17, 15) is 4.79 Å². The lowest BCUT2D eigenvalue weighted by Crippen LogP contribution is -2.48. The fraction of sp³-hybridized carbons (Fsp3) is 0.375. The number of hydrogen-bond acceptors (Lipinski definition) is 2. The van der Waals surface area contributed by atoms with Gasteiger partial charge in [-0.05, 0) is 60.3 Å². The molecule has 1 N–H and O–H groups in total. The second kappa shape index (κ2) is 7.29. The smallest absolute Gasteiger partial charge is 0.254 e. The van der Waals surface area contributed by atoms with Crippen LogP contribution in [0.15, 0.2) is 53.0 Å². The maximum absolute atomic E-state index is 13.6. The number of para-hydroxylation sites is 1. The summed E-state index contributed by atoms with van der Waals surface area (Å²) < 4.78 is 3.15. The van der Waals surface area contributed by atoms with Gasteiger partial charge in [0.2, 0.25) is 0 Å². The molecule has 29 heavy (non-hydrogen) atoms. The van der Waals surface area contributed by atoms with Gasteiger partial charge in [-0.2, -0.15) is 0 Å². The van der Waals surface area contributed by atoms with Crippen LogP contribution in [0.1, 0.15) is 36.0 Å². The van der Waals surface area contributed by atoms with Crippen LogP contribution in [0.5, 0.6) is 0 Å². The SMILES string of the molecule is CN1[C@@H]2CC[C@H]1CC(NC(=O)c1c(-c3ccccc3)n(C)c3c(Br)cccc13)C2. The molecule has 1 amide bonds. The molecule has 3 heterocycles. The molecule has 5 rings (SSSR count). The average molecular weight is 452 g/mol. The highest BCUT2D eigenvalue weighted by Gasteiger charge is 2.39. The van der Waals surface area contributed by atoms with Crippen molar-refractivity contribution in [3.63, 3.8) is 0 Å².